The zero-order valence-electron chi connectivity index (χ0n) is 14.9. The fourth-order valence-corrected chi connectivity index (χ4v) is 2.68. The highest BCUT2D eigenvalue weighted by Crippen LogP contribution is 2.36. The summed E-state index contributed by atoms with van der Waals surface area (Å²) in [5, 5.41) is 13.2. The van der Waals surface area contributed by atoms with Gasteiger partial charge in [-0.15, -0.1) is 0 Å². The summed E-state index contributed by atoms with van der Waals surface area (Å²) in [6, 6.07) is 9.33. The number of carbonyl (C=O) groups is 1. The summed E-state index contributed by atoms with van der Waals surface area (Å²) < 4.78 is 5.83. The van der Waals surface area contributed by atoms with Crippen LogP contribution in [0.5, 0.6) is 5.75 Å². The van der Waals surface area contributed by atoms with E-state index in [0.29, 0.717) is 40.6 Å². The molecule has 1 amide bonds. The zero-order valence-corrected chi connectivity index (χ0v) is 14.9. The Balaban J connectivity index is 2.08. The van der Waals surface area contributed by atoms with Crippen LogP contribution in [0.3, 0.4) is 0 Å². The van der Waals surface area contributed by atoms with Crippen LogP contribution in [-0.2, 0) is 4.79 Å². The van der Waals surface area contributed by atoms with E-state index < -0.39 is 0 Å². The lowest BCUT2D eigenvalue weighted by atomic mass is 10.0. The highest BCUT2D eigenvalue weighted by molar-refractivity contribution is 5.92. The van der Waals surface area contributed by atoms with Crippen molar-refractivity contribution in [2.75, 3.05) is 5.32 Å². The summed E-state index contributed by atoms with van der Waals surface area (Å²) in [6.45, 7) is 7.81. The van der Waals surface area contributed by atoms with Gasteiger partial charge in [-0.2, -0.15) is 0 Å². The van der Waals surface area contributed by atoms with E-state index in [0.717, 1.165) is 5.52 Å². The van der Waals surface area contributed by atoms with E-state index in [9.17, 15) is 9.90 Å². The van der Waals surface area contributed by atoms with Crippen LogP contribution >= 0.6 is 0 Å². The smallest absolute Gasteiger partial charge is 0.231 e. The first-order chi connectivity index (χ1) is 11.9. The molecule has 3 aromatic rings. The number of fused-ring (bicyclic) bond motifs is 1. The summed E-state index contributed by atoms with van der Waals surface area (Å²) in [7, 11) is 0. The number of hydrogen-bond acceptors (Lipinski definition) is 4. The van der Waals surface area contributed by atoms with Crippen molar-refractivity contribution in [3.05, 3.63) is 41.5 Å². The molecule has 0 unspecified atom stereocenters. The fourth-order valence-electron chi connectivity index (χ4n) is 2.68. The molecule has 0 aliphatic heterocycles. The molecule has 2 N–H and O–H groups in total. The van der Waals surface area contributed by atoms with Gasteiger partial charge in [-0.05, 0) is 48.2 Å². The van der Waals surface area contributed by atoms with Crippen molar-refractivity contribution in [3.63, 3.8) is 0 Å². The lowest BCUT2D eigenvalue weighted by Gasteiger charge is -2.09. The molecular formula is C20H22N2O3. The van der Waals surface area contributed by atoms with Crippen molar-refractivity contribution in [2.45, 2.75) is 40.0 Å². The van der Waals surface area contributed by atoms with Crippen LogP contribution in [-0.4, -0.2) is 16.0 Å². The molecule has 5 heteroatoms. The van der Waals surface area contributed by atoms with E-state index in [1.807, 2.05) is 18.2 Å². The normalized spacial score (nSPS) is 11.2. The lowest BCUT2D eigenvalue weighted by Crippen LogP contribution is -2.09. The molecule has 0 atom stereocenters. The summed E-state index contributed by atoms with van der Waals surface area (Å²) in [4.78, 5) is 16.2. The first kappa shape index (κ1) is 17.0. The number of nitrogens with zero attached hydrogens (tertiary/aromatic N) is 1. The molecule has 0 saturated heterocycles. The molecule has 0 aliphatic rings. The number of anilines is 1. The first-order valence-electron chi connectivity index (χ1n) is 8.43. The molecule has 0 spiro atoms. The summed E-state index contributed by atoms with van der Waals surface area (Å²) in [6.07, 6.45) is 0.385. The van der Waals surface area contributed by atoms with Crippen LogP contribution in [0.4, 0.5) is 5.69 Å². The number of phenolic OH excluding ortho intramolecular Hbond substituents is 1. The van der Waals surface area contributed by atoms with E-state index in [1.165, 1.54) is 5.56 Å². The van der Waals surface area contributed by atoms with E-state index in [1.54, 1.807) is 26.0 Å². The minimum atomic E-state index is -0.0878. The van der Waals surface area contributed by atoms with E-state index in [4.69, 9.17) is 4.42 Å². The average Bonchev–Trinajstić information content (AvgIpc) is 3.00. The second-order valence-corrected chi connectivity index (χ2v) is 6.49. The predicted molar refractivity (Wildman–Crippen MR) is 98.9 cm³/mol. The van der Waals surface area contributed by atoms with Gasteiger partial charge in [0.1, 0.15) is 11.3 Å². The molecule has 0 radical (unpaired) electrons. The Hall–Kier alpha value is -2.82. The molecule has 1 aromatic heterocycles. The number of aromatic nitrogens is 1. The van der Waals surface area contributed by atoms with Gasteiger partial charge in [0, 0.05) is 12.1 Å². The molecule has 130 valence electrons. The molecule has 0 saturated carbocycles. The maximum Gasteiger partial charge on any atom is 0.231 e. The molecule has 0 fully saturated rings. The molecule has 5 nitrogen and oxygen atoms in total. The van der Waals surface area contributed by atoms with Crippen LogP contribution in [0.2, 0.25) is 0 Å². The van der Waals surface area contributed by atoms with Crippen molar-refractivity contribution in [1.29, 1.82) is 0 Å². The van der Waals surface area contributed by atoms with Gasteiger partial charge in [0.25, 0.3) is 0 Å². The Labute approximate surface area is 146 Å². The van der Waals surface area contributed by atoms with E-state index in [-0.39, 0.29) is 11.7 Å². The number of rotatable bonds is 4. The Morgan fingerprint density at radius 2 is 2.04 bits per heavy atom. The third-order valence-electron chi connectivity index (χ3n) is 4.21. The average molecular weight is 338 g/mol. The second kappa shape index (κ2) is 6.59. The van der Waals surface area contributed by atoms with Crippen molar-refractivity contribution in [2.24, 2.45) is 0 Å². The number of amides is 1. The van der Waals surface area contributed by atoms with Crippen molar-refractivity contribution >= 4 is 22.7 Å². The molecule has 25 heavy (non-hydrogen) atoms. The third-order valence-corrected chi connectivity index (χ3v) is 4.21. The quantitative estimate of drug-likeness (QED) is 0.658. The number of phenols is 1. The molecular weight excluding hydrogens is 316 g/mol. The molecule has 1 heterocycles. The van der Waals surface area contributed by atoms with E-state index in [2.05, 4.69) is 24.1 Å². The topological polar surface area (TPSA) is 75.4 Å². The Morgan fingerprint density at radius 3 is 2.72 bits per heavy atom. The predicted octanol–water partition coefficient (Wildman–Crippen LogP) is 4.98. The summed E-state index contributed by atoms with van der Waals surface area (Å²) >= 11 is 0. The maximum atomic E-state index is 11.7. The fraction of sp³-hybridized carbons (Fsp3) is 0.300. The van der Waals surface area contributed by atoms with Gasteiger partial charge in [-0.25, -0.2) is 4.98 Å². The standard InChI is InChI=1S/C20H22N2O3/c1-5-18(23)21-14-8-12(4)19(24)15(10-14)20-22-16-9-13(11(2)3)6-7-17(16)25-20/h6-11,24H,5H2,1-4H3,(H,21,23). The Kier molecular flexibility index (Phi) is 4.49. The van der Waals surface area contributed by atoms with Crippen molar-refractivity contribution in [3.8, 4) is 17.2 Å². The van der Waals surface area contributed by atoms with Gasteiger partial charge in [-0.1, -0.05) is 26.8 Å². The number of nitrogens with one attached hydrogen (secondary N) is 1. The van der Waals surface area contributed by atoms with Crippen molar-refractivity contribution < 1.29 is 14.3 Å². The summed E-state index contributed by atoms with van der Waals surface area (Å²) in [5.74, 6) is 0.747. The van der Waals surface area contributed by atoms with Crippen LogP contribution in [0.1, 0.15) is 44.2 Å². The SMILES string of the molecule is CCC(=O)Nc1cc(C)c(O)c(-c2nc3cc(C(C)C)ccc3o2)c1. The largest absolute Gasteiger partial charge is 0.507 e. The zero-order chi connectivity index (χ0) is 18.1. The van der Waals surface area contributed by atoms with Crippen LogP contribution in [0, 0.1) is 6.92 Å². The van der Waals surface area contributed by atoms with Gasteiger partial charge in [0.05, 0.1) is 5.56 Å². The van der Waals surface area contributed by atoms with Crippen LogP contribution in [0.25, 0.3) is 22.6 Å². The van der Waals surface area contributed by atoms with Crippen molar-refractivity contribution in [1.82, 2.24) is 4.98 Å². The highest BCUT2D eigenvalue weighted by atomic mass is 16.3. The minimum Gasteiger partial charge on any atom is -0.507 e. The number of carbonyl (C=O) groups excluding carboxylic acids is 1. The number of oxazole rings is 1. The van der Waals surface area contributed by atoms with Crippen LogP contribution in [0.15, 0.2) is 34.7 Å². The lowest BCUT2D eigenvalue weighted by molar-refractivity contribution is -0.115. The van der Waals surface area contributed by atoms with Crippen LogP contribution < -0.4 is 5.32 Å². The molecule has 2 aromatic carbocycles. The van der Waals surface area contributed by atoms with Gasteiger partial charge < -0.3 is 14.8 Å². The molecule has 0 aliphatic carbocycles. The number of aromatic hydroxyl groups is 1. The Bertz CT molecular complexity index is 942. The summed E-state index contributed by atoms with van der Waals surface area (Å²) in [5.41, 5.74) is 4.32. The van der Waals surface area contributed by atoms with Gasteiger partial charge >= 0.3 is 0 Å². The van der Waals surface area contributed by atoms with Gasteiger partial charge in [0.15, 0.2) is 5.58 Å². The number of hydrogen-bond donors (Lipinski definition) is 2. The highest BCUT2D eigenvalue weighted by Gasteiger charge is 2.16. The number of aryl methyl sites for hydroxylation is 1. The van der Waals surface area contributed by atoms with Gasteiger partial charge in [-0.3, -0.25) is 4.79 Å². The van der Waals surface area contributed by atoms with E-state index >= 15 is 0 Å². The second-order valence-electron chi connectivity index (χ2n) is 6.49. The first-order valence-corrected chi connectivity index (χ1v) is 8.43. The molecule has 3 rings (SSSR count). The van der Waals surface area contributed by atoms with Gasteiger partial charge in [0.2, 0.25) is 11.8 Å². The third kappa shape index (κ3) is 3.36. The molecule has 0 bridgehead atoms. The number of benzene rings is 2. The monoisotopic (exact) mass is 338 g/mol. The Morgan fingerprint density at radius 1 is 1.28 bits per heavy atom. The maximum absolute atomic E-state index is 11.7. The minimum absolute atomic E-state index is 0.0878.